The van der Waals surface area contributed by atoms with Gasteiger partial charge in [-0.25, -0.2) is 0 Å². The second-order valence-corrected chi connectivity index (χ2v) is 14.1. The Labute approximate surface area is 286 Å². The first kappa shape index (κ1) is 36.7. The summed E-state index contributed by atoms with van der Waals surface area (Å²) in [4.78, 5) is 18.1. The summed E-state index contributed by atoms with van der Waals surface area (Å²) < 4.78 is 7.24. The zero-order valence-electron chi connectivity index (χ0n) is 28.5. The molecule has 0 saturated carbocycles. The number of fused-ring (bicyclic) bond motifs is 4. The third kappa shape index (κ3) is 7.79. The Morgan fingerprint density at radius 3 is 2.22 bits per heavy atom. The summed E-state index contributed by atoms with van der Waals surface area (Å²) in [5.41, 5.74) is 6.52. The average Bonchev–Trinajstić information content (AvgIpc) is 3.50. The quantitative estimate of drug-likeness (QED) is 0.0964. The molecule has 0 aliphatic heterocycles. The fraction of sp³-hybridized carbons (Fsp3) is 0.436. The number of hydrogen-bond donors (Lipinski definition) is 1. The molecule has 0 unspecified atom stereocenters. The molecule has 0 saturated heterocycles. The molecule has 0 atom stereocenters. The van der Waals surface area contributed by atoms with Crippen molar-refractivity contribution in [2.45, 2.75) is 100 Å². The number of aliphatic hydroxyl groups is 1. The van der Waals surface area contributed by atoms with Gasteiger partial charge in [-0.15, -0.1) is 40.5 Å². The normalized spacial score (nSPS) is 12.2. The zero-order chi connectivity index (χ0) is 32.3. The number of thiophene rings is 1. The molecule has 3 aromatic heterocycles. The van der Waals surface area contributed by atoms with Gasteiger partial charge in [0.05, 0.1) is 5.76 Å². The number of aryl methyl sites for hydroxylation is 3. The fourth-order valence-electron chi connectivity index (χ4n) is 5.94. The van der Waals surface area contributed by atoms with Crippen LogP contribution in [0.3, 0.4) is 0 Å². The molecule has 3 heterocycles. The van der Waals surface area contributed by atoms with E-state index in [2.05, 4.69) is 71.0 Å². The van der Waals surface area contributed by atoms with Crippen LogP contribution in [0, 0.1) is 38.7 Å². The molecule has 0 aliphatic carbocycles. The minimum Gasteiger partial charge on any atom is -0.512 e. The Kier molecular flexibility index (Phi) is 12.4. The van der Waals surface area contributed by atoms with Gasteiger partial charge in [0.2, 0.25) is 0 Å². The van der Waals surface area contributed by atoms with E-state index in [-0.39, 0.29) is 48.9 Å². The van der Waals surface area contributed by atoms with E-state index >= 15 is 0 Å². The Bertz CT molecular complexity index is 1810. The fourth-order valence-corrected chi connectivity index (χ4v) is 7.10. The van der Waals surface area contributed by atoms with Gasteiger partial charge in [-0.3, -0.25) is 9.78 Å². The number of pyridine rings is 1. The Balaban J connectivity index is 0.000000297. The topological polar surface area (TPSA) is 63.3 Å². The van der Waals surface area contributed by atoms with E-state index < -0.39 is 0 Å². The van der Waals surface area contributed by atoms with E-state index in [0.717, 1.165) is 59.2 Å². The molecule has 6 heteroatoms. The van der Waals surface area contributed by atoms with Crippen molar-refractivity contribution >= 4 is 49.1 Å². The first-order chi connectivity index (χ1) is 20.8. The average molecular weight is 803 g/mol. The van der Waals surface area contributed by atoms with Crippen molar-refractivity contribution in [1.29, 1.82) is 0 Å². The van der Waals surface area contributed by atoms with Gasteiger partial charge in [0.25, 0.3) is 0 Å². The minimum atomic E-state index is 0. The molecule has 4 nitrogen and oxygen atoms in total. The molecule has 1 radical (unpaired) electrons. The molecule has 0 aliphatic rings. The van der Waals surface area contributed by atoms with Crippen molar-refractivity contribution in [2.24, 2.45) is 11.8 Å². The Morgan fingerprint density at radius 1 is 1.00 bits per heavy atom. The summed E-state index contributed by atoms with van der Waals surface area (Å²) >= 11 is 1.80. The Morgan fingerprint density at radius 2 is 1.62 bits per heavy atom. The van der Waals surface area contributed by atoms with Gasteiger partial charge in [0, 0.05) is 64.7 Å². The minimum absolute atomic E-state index is 0. The monoisotopic (exact) mass is 803 g/mol. The van der Waals surface area contributed by atoms with Crippen LogP contribution in [-0.2, 0) is 30.3 Å². The number of nitrogens with zero attached hydrogens (tertiary/aromatic N) is 1. The number of aliphatic hydroxyl groups excluding tert-OH is 1. The van der Waals surface area contributed by atoms with E-state index in [9.17, 15) is 9.90 Å². The summed E-state index contributed by atoms with van der Waals surface area (Å²) in [5, 5.41) is 13.4. The number of ketones is 1. The number of benzene rings is 2. The van der Waals surface area contributed by atoms with Crippen LogP contribution >= 0.6 is 11.3 Å². The number of carbonyl (C=O) groups excluding carboxylic acids is 1. The number of rotatable bonds is 8. The third-order valence-electron chi connectivity index (χ3n) is 8.82. The Hall–Kier alpha value is -2.79. The molecule has 5 rings (SSSR count). The van der Waals surface area contributed by atoms with E-state index in [0.29, 0.717) is 0 Å². The van der Waals surface area contributed by atoms with Crippen molar-refractivity contribution in [2.75, 3.05) is 0 Å². The molecule has 0 spiro atoms. The number of aromatic nitrogens is 1. The summed E-state index contributed by atoms with van der Waals surface area (Å²) in [6.07, 6.45) is 4.91. The largest absolute Gasteiger partial charge is 0.512 e. The molecule has 2 aromatic carbocycles. The van der Waals surface area contributed by atoms with Crippen LogP contribution in [0.5, 0.6) is 0 Å². The predicted octanol–water partition coefficient (Wildman–Crippen LogP) is 11.8. The molecule has 45 heavy (non-hydrogen) atoms. The van der Waals surface area contributed by atoms with Gasteiger partial charge in [0.15, 0.2) is 11.4 Å². The van der Waals surface area contributed by atoms with Crippen molar-refractivity contribution in [3.63, 3.8) is 0 Å². The van der Waals surface area contributed by atoms with Crippen LogP contribution in [0.15, 0.2) is 52.7 Å². The van der Waals surface area contributed by atoms with E-state index in [4.69, 9.17) is 9.40 Å². The van der Waals surface area contributed by atoms with Gasteiger partial charge < -0.3 is 9.52 Å². The molecular weight excluding hydrogens is 755 g/mol. The van der Waals surface area contributed by atoms with Gasteiger partial charge in [0.1, 0.15) is 11.3 Å². The molecule has 5 aromatic rings. The first-order valence-corrected chi connectivity index (χ1v) is 16.9. The number of allylic oxidation sites excluding steroid dienone is 2. The summed E-state index contributed by atoms with van der Waals surface area (Å²) in [5.74, 6) is 1.44. The molecular formula is C39H48IrNO3S-. The van der Waals surface area contributed by atoms with Crippen LogP contribution in [-0.4, -0.2) is 15.9 Å². The molecule has 0 fully saturated rings. The summed E-state index contributed by atoms with van der Waals surface area (Å²) in [6.45, 7) is 21.2. The van der Waals surface area contributed by atoms with Crippen LogP contribution in [0.2, 0.25) is 0 Å². The summed E-state index contributed by atoms with van der Waals surface area (Å²) in [6, 6.07) is 16.5. The van der Waals surface area contributed by atoms with E-state index in [1.807, 2.05) is 40.7 Å². The van der Waals surface area contributed by atoms with Crippen LogP contribution in [0.1, 0.15) is 95.9 Å². The van der Waals surface area contributed by atoms with Crippen molar-refractivity contribution in [3.8, 4) is 11.3 Å². The number of hydrogen-bond acceptors (Lipinski definition) is 5. The van der Waals surface area contributed by atoms with Crippen LogP contribution in [0.4, 0.5) is 0 Å². The van der Waals surface area contributed by atoms with Crippen LogP contribution in [0.25, 0.3) is 43.2 Å². The standard InChI is InChI=1S/C26H24NOS.C13H24O2.Ir/c1-14-11-21-24(28-14)22-15(2)16(3)29-25(22)23(27-21)18-12-17-9-7-8-10-19(17)20(13-18)26(4,5)6;1-5-10(6-2)12(14)9-13(15)11(7-3)8-4;/h7-11,13H,1-6H3;9-11,14H,5-8H2,1-4H3;/q-1;;/b;12-9-;. The predicted molar refractivity (Wildman–Crippen MR) is 188 cm³/mol. The maximum atomic E-state index is 11.7. The van der Waals surface area contributed by atoms with Gasteiger partial charge in [-0.2, -0.15) is 0 Å². The van der Waals surface area contributed by atoms with Gasteiger partial charge >= 0.3 is 0 Å². The third-order valence-corrected chi connectivity index (χ3v) is 10.0. The smallest absolute Gasteiger partial charge is 0.162 e. The SMILES string of the molecule is CCC(CC)C(=O)/C=C(\O)C(CC)CC.Cc1cc2nc(-c3[c-]c4ccccc4c(C(C)(C)C)c3)c3sc(C)c(C)c3c2o1.[Ir]. The second-order valence-electron chi connectivity index (χ2n) is 12.9. The van der Waals surface area contributed by atoms with Crippen molar-refractivity contribution in [3.05, 3.63) is 76.1 Å². The maximum Gasteiger partial charge on any atom is 0.162 e. The second kappa shape index (κ2) is 15.2. The zero-order valence-corrected chi connectivity index (χ0v) is 31.7. The molecule has 243 valence electrons. The first-order valence-electron chi connectivity index (χ1n) is 16.0. The number of carbonyl (C=O) groups is 1. The summed E-state index contributed by atoms with van der Waals surface area (Å²) in [7, 11) is 0. The number of furan rings is 1. The van der Waals surface area contributed by atoms with E-state index in [1.165, 1.54) is 37.6 Å². The van der Waals surface area contributed by atoms with Crippen LogP contribution < -0.4 is 0 Å². The van der Waals surface area contributed by atoms with E-state index in [1.54, 1.807) is 11.3 Å². The van der Waals surface area contributed by atoms with Crippen molar-refractivity contribution < 1.29 is 34.4 Å². The molecule has 0 bridgehead atoms. The maximum absolute atomic E-state index is 11.7. The molecule has 1 N–H and O–H groups in total. The molecule has 0 amide bonds. The van der Waals surface area contributed by atoms with Gasteiger partial charge in [-0.1, -0.05) is 77.6 Å². The van der Waals surface area contributed by atoms with Gasteiger partial charge in [-0.05, 0) is 57.4 Å². The van der Waals surface area contributed by atoms with Crippen molar-refractivity contribution in [1.82, 2.24) is 4.98 Å².